The first-order valence-corrected chi connectivity index (χ1v) is 4.64. The van der Waals surface area contributed by atoms with E-state index in [4.69, 9.17) is 26.8 Å². The lowest BCUT2D eigenvalue weighted by molar-refractivity contribution is -0.214. The monoisotopic (exact) mass is 221 g/mol. The second-order valence-electron chi connectivity index (χ2n) is 3.27. The Bertz CT molecular complexity index is 250. The summed E-state index contributed by atoms with van der Waals surface area (Å²) in [7, 11) is 0. The maximum atomic E-state index is 9.60. The van der Waals surface area contributed by atoms with Crippen LogP contribution in [0.2, 0.25) is 0 Å². The molecule has 80 valence electrons. The smallest absolute Gasteiger partial charge is 0.259 e. The van der Waals surface area contributed by atoms with Gasteiger partial charge in [0, 0.05) is 0 Å². The van der Waals surface area contributed by atoms with Crippen molar-refractivity contribution >= 4 is 17.4 Å². The van der Waals surface area contributed by atoms with Gasteiger partial charge in [-0.1, -0.05) is 0 Å². The molecule has 2 rings (SSSR count). The van der Waals surface area contributed by atoms with Crippen LogP contribution in [0, 0.1) is 0 Å². The third-order valence-corrected chi connectivity index (χ3v) is 2.58. The molecular formula is C7H11NO5S. The summed E-state index contributed by atoms with van der Waals surface area (Å²) in [5.74, 6) is 0. The zero-order chi connectivity index (χ0) is 10.3. The number of rotatable bonds is 1. The molecule has 0 aromatic carbocycles. The van der Waals surface area contributed by atoms with Gasteiger partial charge in [-0.15, -0.1) is 0 Å². The number of fused-ring (bicyclic) bond motifs is 1. The zero-order valence-electron chi connectivity index (χ0n) is 7.16. The van der Waals surface area contributed by atoms with Crippen LogP contribution in [-0.2, 0) is 9.47 Å². The topological polar surface area (TPSA) is 91.2 Å². The van der Waals surface area contributed by atoms with Crippen molar-refractivity contribution in [2.45, 2.75) is 30.6 Å². The second-order valence-corrected chi connectivity index (χ2v) is 3.64. The molecule has 0 aromatic heterocycles. The maximum absolute atomic E-state index is 9.60. The molecule has 2 aliphatic rings. The van der Waals surface area contributed by atoms with Crippen LogP contribution < -0.4 is 5.32 Å². The molecule has 7 heteroatoms. The van der Waals surface area contributed by atoms with Crippen molar-refractivity contribution in [1.29, 1.82) is 0 Å². The average Bonchev–Trinajstić information content (AvgIpc) is 2.52. The lowest BCUT2D eigenvalue weighted by atomic mass is 9.99. The number of nitrogens with one attached hydrogen (secondary N) is 1. The van der Waals surface area contributed by atoms with Gasteiger partial charge in [-0.2, -0.15) is 0 Å². The van der Waals surface area contributed by atoms with Gasteiger partial charge in [0.15, 0.2) is 12.3 Å². The quantitative estimate of drug-likeness (QED) is 0.370. The average molecular weight is 221 g/mol. The van der Waals surface area contributed by atoms with Crippen LogP contribution >= 0.6 is 12.2 Å². The highest BCUT2D eigenvalue weighted by atomic mass is 32.1. The largest absolute Gasteiger partial charge is 0.460 e. The van der Waals surface area contributed by atoms with Crippen molar-refractivity contribution < 1.29 is 24.8 Å². The van der Waals surface area contributed by atoms with Gasteiger partial charge in [0.05, 0.1) is 6.61 Å². The first kappa shape index (κ1) is 10.1. The Hall–Kier alpha value is -0.470. The first-order chi connectivity index (χ1) is 6.63. The molecule has 6 nitrogen and oxygen atoms in total. The summed E-state index contributed by atoms with van der Waals surface area (Å²) in [5.41, 5.74) is 0. The highest BCUT2D eigenvalue weighted by Crippen LogP contribution is 2.25. The molecule has 0 unspecified atom stereocenters. The predicted octanol–water partition coefficient (Wildman–Crippen LogP) is -2.30. The van der Waals surface area contributed by atoms with Crippen molar-refractivity contribution in [1.82, 2.24) is 5.32 Å². The molecule has 2 saturated heterocycles. The van der Waals surface area contributed by atoms with E-state index in [9.17, 15) is 10.2 Å². The number of hydrogen-bond acceptors (Lipinski definition) is 6. The van der Waals surface area contributed by atoms with Gasteiger partial charge < -0.3 is 30.1 Å². The van der Waals surface area contributed by atoms with Gasteiger partial charge in [-0.3, -0.25) is 0 Å². The fourth-order valence-corrected chi connectivity index (χ4v) is 1.84. The standard InChI is InChI=1S/C7H11NO5S/c9-1-2-3(10)4(11)5-6(12-2)8-7(14)13-5/h2-6,9-11H,1H2,(H,8,14)/t2-,3+,4-,5+,6+/m0/s1. The number of ether oxygens (including phenoxy) is 2. The van der Waals surface area contributed by atoms with E-state index in [1.54, 1.807) is 0 Å². The predicted molar refractivity (Wildman–Crippen MR) is 48.4 cm³/mol. The summed E-state index contributed by atoms with van der Waals surface area (Å²) < 4.78 is 10.3. The van der Waals surface area contributed by atoms with E-state index in [0.717, 1.165) is 0 Å². The second kappa shape index (κ2) is 3.59. The van der Waals surface area contributed by atoms with Gasteiger partial charge in [0.1, 0.15) is 18.3 Å². The summed E-state index contributed by atoms with van der Waals surface area (Å²) in [6.07, 6.45) is -4.40. The highest BCUT2D eigenvalue weighted by molar-refractivity contribution is 7.80. The van der Waals surface area contributed by atoms with Crippen molar-refractivity contribution in [2.75, 3.05) is 6.61 Å². The number of thiocarbonyl (C=S) groups is 1. The molecule has 2 fully saturated rings. The maximum Gasteiger partial charge on any atom is 0.259 e. The SMILES string of the molecule is OC[C@@H]1O[C@H]2NC(=S)O[C@@H]2[C@@H](O)[C@@H]1O. The molecule has 4 N–H and O–H groups in total. The number of aliphatic hydroxyl groups is 3. The van der Waals surface area contributed by atoms with Gasteiger partial charge in [0.25, 0.3) is 5.17 Å². The Balaban J connectivity index is 2.13. The summed E-state index contributed by atoms with van der Waals surface area (Å²) in [4.78, 5) is 0. The molecule has 0 spiro atoms. The Kier molecular flexibility index (Phi) is 2.58. The molecule has 0 aromatic rings. The van der Waals surface area contributed by atoms with Crippen LogP contribution in [0.3, 0.4) is 0 Å². The fraction of sp³-hybridized carbons (Fsp3) is 0.857. The molecule has 2 heterocycles. The molecular weight excluding hydrogens is 210 g/mol. The van der Waals surface area contributed by atoms with Crippen LogP contribution in [0.15, 0.2) is 0 Å². The molecule has 0 aliphatic carbocycles. The van der Waals surface area contributed by atoms with Crippen molar-refractivity contribution in [3.63, 3.8) is 0 Å². The molecule has 0 amide bonds. The summed E-state index contributed by atoms with van der Waals surface area (Å²) >= 11 is 4.73. The van der Waals surface area contributed by atoms with E-state index >= 15 is 0 Å². The minimum atomic E-state index is -1.16. The lowest BCUT2D eigenvalue weighted by Crippen LogP contribution is -2.59. The van der Waals surface area contributed by atoms with Gasteiger partial charge >= 0.3 is 0 Å². The van der Waals surface area contributed by atoms with Gasteiger partial charge in [-0.05, 0) is 12.2 Å². The number of hydrogen-bond donors (Lipinski definition) is 4. The molecule has 14 heavy (non-hydrogen) atoms. The summed E-state index contributed by atoms with van der Waals surface area (Å²) in [6, 6.07) is 0. The first-order valence-electron chi connectivity index (χ1n) is 4.23. The third kappa shape index (κ3) is 1.47. The molecule has 0 radical (unpaired) electrons. The van der Waals surface area contributed by atoms with Crippen LogP contribution in [-0.4, -0.2) is 57.7 Å². The Morgan fingerprint density at radius 3 is 2.71 bits per heavy atom. The van der Waals surface area contributed by atoms with E-state index in [2.05, 4.69) is 5.32 Å². The normalized spacial score (nSPS) is 46.8. The van der Waals surface area contributed by atoms with Crippen molar-refractivity contribution in [2.24, 2.45) is 0 Å². The van der Waals surface area contributed by atoms with E-state index in [0.29, 0.717) is 0 Å². The third-order valence-electron chi connectivity index (χ3n) is 2.37. The van der Waals surface area contributed by atoms with E-state index in [-0.39, 0.29) is 11.8 Å². The van der Waals surface area contributed by atoms with Crippen molar-refractivity contribution in [3.8, 4) is 0 Å². The highest BCUT2D eigenvalue weighted by Gasteiger charge is 2.49. The molecule has 2 aliphatic heterocycles. The molecule has 0 saturated carbocycles. The van der Waals surface area contributed by atoms with E-state index in [1.807, 2.05) is 0 Å². The lowest BCUT2D eigenvalue weighted by Gasteiger charge is -2.37. The van der Waals surface area contributed by atoms with Gasteiger partial charge in [-0.25, -0.2) is 0 Å². The van der Waals surface area contributed by atoms with E-state index in [1.165, 1.54) is 0 Å². The van der Waals surface area contributed by atoms with Crippen LogP contribution in [0.25, 0.3) is 0 Å². The minimum Gasteiger partial charge on any atom is -0.460 e. The molecule has 0 bridgehead atoms. The molecule has 5 atom stereocenters. The van der Waals surface area contributed by atoms with Crippen molar-refractivity contribution in [3.05, 3.63) is 0 Å². The Morgan fingerprint density at radius 2 is 2.07 bits per heavy atom. The Morgan fingerprint density at radius 1 is 1.36 bits per heavy atom. The zero-order valence-corrected chi connectivity index (χ0v) is 7.98. The van der Waals surface area contributed by atoms with Crippen LogP contribution in [0.1, 0.15) is 0 Å². The van der Waals surface area contributed by atoms with Crippen LogP contribution in [0.4, 0.5) is 0 Å². The Labute approximate surface area is 85.4 Å². The minimum absolute atomic E-state index is 0.129. The summed E-state index contributed by atoms with van der Waals surface area (Å²) in [6.45, 7) is -0.365. The van der Waals surface area contributed by atoms with Gasteiger partial charge in [0.2, 0.25) is 0 Å². The number of aliphatic hydroxyl groups excluding tert-OH is 3. The summed E-state index contributed by atoms with van der Waals surface area (Å²) in [5, 5.41) is 30.8. The fourth-order valence-electron chi connectivity index (χ4n) is 1.61. The van der Waals surface area contributed by atoms with Crippen LogP contribution in [0.5, 0.6) is 0 Å². The van der Waals surface area contributed by atoms with E-state index < -0.39 is 30.6 Å².